The van der Waals surface area contributed by atoms with Crippen molar-refractivity contribution in [3.63, 3.8) is 0 Å². The van der Waals surface area contributed by atoms with Crippen LogP contribution in [0.25, 0.3) is 0 Å². The molecule has 0 atom stereocenters. The third-order valence-electron chi connectivity index (χ3n) is 1.52. The van der Waals surface area contributed by atoms with E-state index in [2.05, 4.69) is 5.32 Å². The fourth-order valence-electron chi connectivity index (χ4n) is 0.868. The molecule has 0 aliphatic carbocycles. The molecule has 0 heterocycles. The molecule has 14 heavy (non-hydrogen) atoms. The van der Waals surface area contributed by atoms with Crippen molar-refractivity contribution in [1.29, 1.82) is 0 Å². The molecule has 4 heteroatoms. The van der Waals surface area contributed by atoms with Crippen molar-refractivity contribution >= 4 is 5.91 Å². The number of carbonyl (C=O) groups excluding carboxylic acids is 1. The summed E-state index contributed by atoms with van der Waals surface area (Å²) >= 11 is 0. The predicted molar refractivity (Wildman–Crippen MR) is 54.6 cm³/mol. The van der Waals surface area contributed by atoms with Gasteiger partial charge in [0.05, 0.1) is 0 Å². The summed E-state index contributed by atoms with van der Waals surface area (Å²) in [6, 6.07) is 0. The molecule has 0 spiro atoms. The van der Waals surface area contributed by atoms with Crippen LogP contribution in [0.3, 0.4) is 0 Å². The van der Waals surface area contributed by atoms with Crippen LogP contribution in [-0.4, -0.2) is 26.4 Å². The van der Waals surface area contributed by atoms with Gasteiger partial charge in [0.25, 0.3) is 0 Å². The summed E-state index contributed by atoms with van der Waals surface area (Å²) < 4.78 is 9.84. The Balaban J connectivity index is 3.05. The molecule has 4 nitrogen and oxygen atoms in total. The van der Waals surface area contributed by atoms with Gasteiger partial charge in [-0.1, -0.05) is 6.08 Å². The van der Waals surface area contributed by atoms with Crippen LogP contribution in [0.4, 0.5) is 0 Å². The van der Waals surface area contributed by atoms with Gasteiger partial charge >= 0.3 is 0 Å². The van der Waals surface area contributed by atoms with E-state index in [-0.39, 0.29) is 5.91 Å². The van der Waals surface area contributed by atoms with Crippen molar-refractivity contribution in [2.45, 2.75) is 26.2 Å². The average molecular weight is 201 g/mol. The molecule has 0 aliphatic rings. The molecule has 82 valence electrons. The van der Waals surface area contributed by atoms with Crippen molar-refractivity contribution in [3.05, 3.63) is 12.3 Å². The van der Waals surface area contributed by atoms with E-state index < -0.39 is 0 Å². The van der Waals surface area contributed by atoms with E-state index in [4.69, 9.17) is 9.47 Å². The smallest absolute Gasteiger partial charge is 0.220 e. The molecule has 0 saturated heterocycles. The number of hydrogen-bond acceptors (Lipinski definition) is 3. The van der Waals surface area contributed by atoms with Crippen LogP contribution >= 0.6 is 0 Å². The Morgan fingerprint density at radius 3 is 2.86 bits per heavy atom. The van der Waals surface area contributed by atoms with E-state index in [0.717, 1.165) is 25.9 Å². The second kappa shape index (κ2) is 10.2. The fourth-order valence-corrected chi connectivity index (χ4v) is 0.868. The van der Waals surface area contributed by atoms with Gasteiger partial charge in [0, 0.05) is 20.6 Å². The number of rotatable bonds is 8. The Hall–Kier alpha value is -0.870. The SMILES string of the molecule is COCOCCCCC=CNC(C)=O. The van der Waals surface area contributed by atoms with Crippen LogP contribution in [-0.2, 0) is 14.3 Å². The van der Waals surface area contributed by atoms with Gasteiger partial charge in [-0.15, -0.1) is 0 Å². The van der Waals surface area contributed by atoms with E-state index in [0.29, 0.717) is 6.79 Å². The topological polar surface area (TPSA) is 47.6 Å². The monoisotopic (exact) mass is 201 g/mol. The van der Waals surface area contributed by atoms with E-state index in [1.165, 1.54) is 6.92 Å². The number of hydrogen-bond donors (Lipinski definition) is 1. The van der Waals surface area contributed by atoms with Crippen molar-refractivity contribution in [2.24, 2.45) is 0 Å². The number of nitrogens with one attached hydrogen (secondary N) is 1. The molecule has 0 aromatic heterocycles. The van der Waals surface area contributed by atoms with E-state index >= 15 is 0 Å². The lowest BCUT2D eigenvalue weighted by molar-refractivity contribution is -0.118. The first kappa shape index (κ1) is 13.1. The molecular formula is C10H19NO3. The molecule has 0 radical (unpaired) electrons. The standard InChI is InChI=1S/C10H19NO3/c1-10(12)11-7-5-3-4-6-8-14-9-13-2/h5,7H,3-4,6,8-9H2,1-2H3,(H,11,12). The van der Waals surface area contributed by atoms with E-state index in [1.54, 1.807) is 13.3 Å². The molecule has 1 N–H and O–H groups in total. The first-order chi connectivity index (χ1) is 6.77. The summed E-state index contributed by atoms with van der Waals surface area (Å²) in [6.07, 6.45) is 6.64. The van der Waals surface area contributed by atoms with Gasteiger partial charge in [0.2, 0.25) is 5.91 Å². The molecular weight excluding hydrogens is 182 g/mol. The maximum Gasteiger partial charge on any atom is 0.220 e. The first-order valence-corrected chi connectivity index (χ1v) is 4.76. The summed E-state index contributed by atoms with van der Waals surface area (Å²) in [6.45, 7) is 2.58. The Morgan fingerprint density at radius 1 is 1.43 bits per heavy atom. The van der Waals surface area contributed by atoms with Gasteiger partial charge in [-0.2, -0.15) is 0 Å². The molecule has 0 saturated carbocycles. The van der Waals surface area contributed by atoms with Gasteiger partial charge < -0.3 is 14.8 Å². The van der Waals surface area contributed by atoms with Crippen LogP contribution in [0.1, 0.15) is 26.2 Å². The van der Waals surface area contributed by atoms with E-state index in [1.807, 2.05) is 6.08 Å². The van der Waals surface area contributed by atoms with Crippen LogP contribution < -0.4 is 5.32 Å². The number of amides is 1. The van der Waals surface area contributed by atoms with Crippen LogP contribution in [0.15, 0.2) is 12.3 Å². The second-order valence-electron chi connectivity index (χ2n) is 2.91. The van der Waals surface area contributed by atoms with Gasteiger partial charge in [0.1, 0.15) is 6.79 Å². The third kappa shape index (κ3) is 11.1. The Morgan fingerprint density at radius 2 is 2.21 bits per heavy atom. The molecule has 0 aromatic rings. The highest BCUT2D eigenvalue weighted by molar-refractivity contribution is 5.73. The largest absolute Gasteiger partial charge is 0.359 e. The van der Waals surface area contributed by atoms with Crippen molar-refractivity contribution in [3.8, 4) is 0 Å². The summed E-state index contributed by atoms with van der Waals surface area (Å²) in [7, 11) is 1.61. The lowest BCUT2D eigenvalue weighted by atomic mass is 10.2. The first-order valence-electron chi connectivity index (χ1n) is 4.76. The number of ether oxygens (including phenoxy) is 2. The summed E-state index contributed by atoms with van der Waals surface area (Å²) in [5, 5.41) is 2.59. The molecule has 0 bridgehead atoms. The molecule has 0 aliphatic heterocycles. The van der Waals surface area contributed by atoms with Crippen LogP contribution in [0.2, 0.25) is 0 Å². The Labute approximate surface area is 85.3 Å². The minimum atomic E-state index is -0.0373. The molecule has 1 amide bonds. The Bertz CT molecular complexity index is 169. The number of methoxy groups -OCH3 is 1. The zero-order valence-electron chi connectivity index (χ0n) is 8.91. The fraction of sp³-hybridized carbons (Fsp3) is 0.700. The lowest BCUT2D eigenvalue weighted by Gasteiger charge is -2.00. The highest BCUT2D eigenvalue weighted by Gasteiger charge is 1.87. The zero-order chi connectivity index (χ0) is 10.6. The normalized spacial score (nSPS) is 10.7. The van der Waals surface area contributed by atoms with Crippen LogP contribution in [0, 0.1) is 0 Å². The van der Waals surface area contributed by atoms with E-state index in [9.17, 15) is 4.79 Å². The highest BCUT2D eigenvalue weighted by atomic mass is 16.7. The summed E-state index contributed by atoms with van der Waals surface area (Å²) in [5.41, 5.74) is 0. The molecule has 0 unspecified atom stereocenters. The average Bonchev–Trinajstić information content (AvgIpc) is 2.15. The number of allylic oxidation sites excluding steroid dienone is 1. The zero-order valence-corrected chi connectivity index (χ0v) is 8.91. The van der Waals surface area contributed by atoms with Gasteiger partial charge in [-0.25, -0.2) is 0 Å². The maximum absolute atomic E-state index is 10.5. The van der Waals surface area contributed by atoms with Crippen molar-refractivity contribution in [1.82, 2.24) is 5.32 Å². The van der Waals surface area contributed by atoms with Gasteiger partial charge in [-0.3, -0.25) is 4.79 Å². The minimum Gasteiger partial charge on any atom is -0.359 e. The lowest BCUT2D eigenvalue weighted by Crippen LogP contribution is -2.11. The highest BCUT2D eigenvalue weighted by Crippen LogP contribution is 1.96. The van der Waals surface area contributed by atoms with Crippen molar-refractivity contribution in [2.75, 3.05) is 20.5 Å². The summed E-state index contributed by atoms with van der Waals surface area (Å²) in [4.78, 5) is 10.5. The van der Waals surface area contributed by atoms with Crippen LogP contribution in [0.5, 0.6) is 0 Å². The van der Waals surface area contributed by atoms with Gasteiger partial charge in [0.15, 0.2) is 0 Å². The molecule has 0 rings (SSSR count). The number of unbranched alkanes of at least 4 members (excludes halogenated alkanes) is 2. The Kier molecular flexibility index (Phi) is 9.58. The predicted octanol–water partition coefficient (Wildman–Crippen LogP) is 1.43. The molecule has 0 fully saturated rings. The molecule has 0 aromatic carbocycles. The van der Waals surface area contributed by atoms with Crippen molar-refractivity contribution < 1.29 is 14.3 Å². The quantitative estimate of drug-likeness (QED) is 0.477. The third-order valence-corrected chi connectivity index (χ3v) is 1.52. The summed E-state index contributed by atoms with van der Waals surface area (Å²) in [5.74, 6) is -0.0373. The minimum absolute atomic E-state index is 0.0373. The second-order valence-corrected chi connectivity index (χ2v) is 2.91. The van der Waals surface area contributed by atoms with Gasteiger partial charge in [-0.05, 0) is 25.5 Å². The number of carbonyl (C=O) groups is 1. The maximum atomic E-state index is 10.5.